The van der Waals surface area contributed by atoms with Crippen LogP contribution >= 0.6 is 15.9 Å². The van der Waals surface area contributed by atoms with Crippen molar-refractivity contribution in [2.24, 2.45) is 5.73 Å². The van der Waals surface area contributed by atoms with Crippen molar-refractivity contribution in [3.63, 3.8) is 0 Å². The van der Waals surface area contributed by atoms with Crippen LogP contribution in [0.4, 0.5) is 0 Å². The van der Waals surface area contributed by atoms with Gasteiger partial charge in [0.1, 0.15) is 5.82 Å². The van der Waals surface area contributed by atoms with E-state index in [1.165, 1.54) is 5.56 Å². The molecule has 3 nitrogen and oxygen atoms in total. The van der Waals surface area contributed by atoms with E-state index in [4.69, 9.17) is 5.73 Å². The van der Waals surface area contributed by atoms with Crippen LogP contribution in [-0.2, 0) is 0 Å². The highest BCUT2D eigenvalue weighted by molar-refractivity contribution is 9.10. The zero-order valence-corrected chi connectivity index (χ0v) is 12.3. The maximum absolute atomic E-state index is 5.96. The molecule has 2 aromatic rings. The summed E-state index contributed by atoms with van der Waals surface area (Å²) in [5, 5.41) is 0. The highest BCUT2D eigenvalue weighted by atomic mass is 79.9. The van der Waals surface area contributed by atoms with Gasteiger partial charge in [0.25, 0.3) is 0 Å². The minimum atomic E-state index is 0.125. The average molecular weight is 308 g/mol. The molecule has 0 aliphatic heterocycles. The van der Waals surface area contributed by atoms with Gasteiger partial charge in [-0.1, -0.05) is 48.0 Å². The van der Waals surface area contributed by atoms with Crippen molar-refractivity contribution in [3.05, 3.63) is 52.5 Å². The zero-order valence-electron chi connectivity index (χ0n) is 10.7. The lowest BCUT2D eigenvalue weighted by Crippen LogP contribution is -2.22. The first-order chi connectivity index (χ1) is 8.65. The standard InChI is InChI=1S/C14H18BrN3/c1-10(2)14-17-7-8-18(14)13(9-16)11-5-3-4-6-12(11)15/h3-8,10,13H,9,16H2,1-2H3. The topological polar surface area (TPSA) is 43.8 Å². The Labute approximate surface area is 116 Å². The van der Waals surface area contributed by atoms with Gasteiger partial charge in [-0.25, -0.2) is 4.98 Å². The van der Waals surface area contributed by atoms with Crippen LogP contribution in [0.5, 0.6) is 0 Å². The van der Waals surface area contributed by atoms with Gasteiger partial charge in [-0.3, -0.25) is 0 Å². The Balaban J connectivity index is 2.46. The van der Waals surface area contributed by atoms with Crippen molar-refractivity contribution in [3.8, 4) is 0 Å². The van der Waals surface area contributed by atoms with E-state index in [9.17, 15) is 0 Å². The second-order valence-corrected chi connectivity index (χ2v) is 5.47. The largest absolute Gasteiger partial charge is 0.328 e. The molecule has 2 rings (SSSR count). The number of hydrogen-bond donors (Lipinski definition) is 1. The van der Waals surface area contributed by atoms with Gasteiger partial charge in [-0.15, -0.1) is 0 Å². The van der Waals surface area contributed by atoms with E-state index in [-0.39, 0.29) is 6.04 Å². The van der Waals surface area contributed by atoms with Crippen LogP contribution in [0.3, 0.4) is 0 Å². The molecule has 18 heavy (non-hydrogen) atoms. The van der Waals surface area contributed by atoms with Crippen LogP contribution in [0.25, 0.3) is 0 Å². The first-order valence-corrected chi connectivity index (χ1v) is 6.91. The summed E-state index contributed by atoms with van der Waals surface area (Å²) in [6.07, 6.45) is 3.85. The van der Waals surface area contributed by atoms with Crippen LogP contribution in [0, 0.1) is 0 Å². The van der Waals surface area contributed by atoms with Crippen LogP contribution < -0.4 is 5.73 Å². The van der Waals surface area contributed by atoms with Gasteiger partial charge >= 0.3 is 0 Å². The van der Waals surface area contributed by atoms with Crippen LogP contribution in [0.15, 0.2) is 41.1 Å². The van der Waals surface area contributed by atoms with Gasteiger partial charge in [0.05, 0.1) is 6.04 Å². The van der Waals surface area contributed by atoms with E-state index < -0.39 is 0 Å². The molecule has 0 radical (unpaired) electrons. The highest BCUT2D eigenvalue weighted by Crippen LogP contribution is 2.28. The average Bonchev–Trinajstić information content (AvgIpc) is 2.82. The zero-order chi connectivity index (χ0) is 13.1. The Morgan fingerprint density at radius 3 is 2.67 bits per heavy atom. The Kier molecular flexibility index (Phi) is 4.19. The highest BCUT2D eigenvalue weighted by Gasteiger charge is 2.18. The summed E-state index contributed by atoms with van der Waals surface area (Å²) in [4.78, 5) is 4.43. The first kappa shape index (κ1) is 13.3. The molecular weight excluding hydrogens is 290 g/mol. The number of benzene rings is 1. The number of rotatable bonds is 4. The van der Waals surface area contributed by atoms with Crippen LogP contribution in [-0.4, -0.2) is 16.1 Å². The van der Waals surface area contributed by atoms with Crippen molar-refractivity contribution in [2.45, 2.75) is 25.8 Å². The normalized spacial score (nSPS) is 12.9. The molecule has 0 aliphatic rings. The predicted molar refractivity (Wildman–Crippen MR) is 77.7 cm³/mol. The van der Waals surface area contributed by atoms with Crippen molar-refractivity contribution >= 4 is 15.9 Å². The molecule has 4 heteroatoms. The third kappa shape index (κ3) is 2.49. The monoisotopic (exact) mass is 307 g/mol. The number of nitrogens with zero attached hydrogens (tertiary/aromatic N) is 2. The summed E-state index contributed by atoms with van der Waals surface area (Å²) >= 11 is 3.60. The summed E-state index contributed by atoms with van der Waals surface area (Å²) in [6, 6.07) is 8.32. The number of halogens is 1. The van der Waals surface area contributed by atoms with Gasteiger partial charge in [0, 0.05) is 29.3 Å². The molecule has 0 bridgehead atoms. The van der Waals surface area contributed by atoms with E-state index >= 15 is 0 Å². The second-order valence-electron chi connectivity index (χ2n) is 4.62. The Morgan fingerprint density at radius 2 is 2.06 bits per heavy atom. The smallest absolute Gasteiger partial charge is 0.111 e. The minimum absolute atomic E-state index is 0.125. The third-order valence-corrected chi connectivity index (χ3v) is 3.76. The van der Waals surface area contributed by atoms with Crippen molar-refractivity contribution in [1.29, 1.82) is 0 Å². The van der Waals surface area contributed by atoms with Gasteiger partial charge < -0.3 is 10.3 Å². The SMILES string of the molecule is CC(C)c1nccn1C(CN)c1ccccc1Br. The molecular formula is C14H18BrN3. The van der Waals surface area contributed by atoms with E-state index in [0.717, 1.165) is 10.3 Å². The molecule has 1 atom stereocenters. The van der Waals surface area contributed by atoms with E-state index in [2.05, 4.69) is 45.4 Å². The summed E-state index contributed by atoms with van der Waals surface area (Å²) in [7, 11) is 0. The molecule has 0 amide bonds. The molecule has 0 saturated heterocycles. The molecule has 96 valence electrons. The van der Waals surface area contributed by atoms with E-state index in [0.29, 0.717) is 12.5 Å². The fraction of sp³-hybridized carbons (Fsp3) is 0.357. The summed E-state index contributed by atoms with van der Waals surface area (Å²) in [6.45, 7) is 4.84. The fourth-order valence-corrected chi connectivity index (χ4v) is 2.72. The number of imidazole rings is 1. The lowest BCUT2D eigenvalue weighted by atomic mass is 10.1. The first-order valence-electron chi connectivity index (χ1n) is 6.12. The fourth-order valence-electron chi connectivity index (χ4n) is 2.17. The van der Waals surface area contributed by atoms with E-state index in [1.807, 2.05) is 30.6 Å². The number of hydrogen-bond acceptors (Lipinski definition) is 2. The molecule has 1 heterocycles. The Hall–Kier alpha value is -1.13. The maximum atomic E-state index is 5.96. The van der Waals surface area contributed by atoms with E-state index in [1.54, 1.807) is 0 Å². The second kappa shape index (κ2) is 5.67. The molecule has 0 spiro atoms. The minimum Gasteiger partial charge on any atom is -0.328 e. The molecule has 1 unspecified atom stereocenters. The molecule has 0 saturated carbocycles. The van der Waals surface area contributed by atoms with Gasteiger partial charge in [-0.05, 0) is 11.6 Å². The lowest BCUT2D eigenvalue weighted by molar-refractivity contribution is 0.547. The third-order valence-electron chi connectivity index (χ3n) is 3.04. The van der Waals surface area contributed by atoms with Crippen molar-refractivity contribution < 1.29 is 0 Å². The van der Waals surface area contributed by atoms with Crippen molar-refractivity contribution in [1.82, 2.24) is 9.55 Å². The van der Waals surface area contributed by atoms with Gasteiger partial charge in [-0.2, -0.15) is 0 Å². The number of nitrogens with two attached hydrogens (primary N) is 1. The quantitative estimate of drug-likeness (QED) is 0.941. The lowest BCUT2D eigenvalue weighted by Gasteiger charge is -2.22. The summed E-state index contributed by atoms with van der Waals surface area (Å²) < 4.78 is 3.26. The Bertz CT molecular complexity index is 519. The summed E-state index contributed by atoms with van der Waals surface area (Å²) in [5.41, 5.74) is 7.16. The molecule has 1 aromatic heterocycles. The number of aromatic nitrogens is 2. The molecule has 0 aliphatic carbocycles. The van der Waals surface area contributed by atoms with Crippen LogP contribution in [0.1, 0.15) is 37.2 Å². The van der Waals surface area contributed by atoms with Crippen LogP contribution in [0.2, 0.25) is 0 Å². The molecule has 0 fully saturated rings. The summed E-state index contributed by atoms with van der Waals surface area (Å²) in [5.74, 6) is 1.46. The molecule has 1 aromatic carbocycles. The molecule has 2 N–H and O–H groups in total. The van der Waals surface area contributed by atoms with Crippen molar-refractivity contribution in [2.75, 3.05) is 6.54 Å². The predicted octanol–water partition coefficient (Wildman–Crippen LogP) is 3.32. The Morgan fingerprint density at radius 1 is 1.33 bits per heavy atom. The maximum Gasteiger partial charge on any atom is 0.111 e. The van der Waals surface area contributed by atoms with Gasteiger partial charge in [0.2, 0.25) is 0 Å². The van der Waals surface area contributed by atoms with Gasteiger partial charge in [0.15, 0.2) is 0 Å².